The van der Waals surface area contributed by atoms with Gasteiger partial charge in [0.25, 0.3) is 0 Å². The lowest BCUT2D eigenvalue weighted by atomic mass is 9.73. The van der Waals surface area contributed by atoms with Crippen molar-refractivity contribution in [2.75, 3.05) is 20.1 Å². The number of piperidine rings is 1. The van der Waals surface area contributed by atoms with Crippen molar-refractivity contribution in [3.05, 3.63) is 41.7 Å². The van der Waals surface area contributed by atoms with Gasteiger partial charge in [-0.15, -0.1) is 0 Å². The molecule has 1 fully saturated rings. The second-order valence-electron chi connectivity index (χ2n) is 5.96. The SMILES string of the molecule is C=Cc1cc2c(nc1C=C)CC1CCN(C)C[C@@H]1C2. The van der Waals surface area contributed by atoms with E-state index < -0.39 is 0 Å². The van der Waals surface area contributed by atoms with Crippen LogP contribution in [0, 0.1) is 11.8 Å². The molecular formula is C17H22N2. The summed E-state index contributed by atoms with van der Waals surface area (Å²) in [5, 5.41) is 0. The maximum Gasteiger partial charge on any atom is 0.0699 e. The Hall–Kier alpha value is -1.41. The molecule has 0 radical (unpaired) electrons. The Morgan fingerprint density at radius 1 is 1.26 bits per heavy atom. The highest BCUT2D eigenvalue weighted by atomic mass is 15.1. The van der Waals surface area contributed by atoms with Gasteiger partial charge in [0.15, 0.2) is 0 Å². The topological polar surface area (TPSA) is 16.1 Å². The summed E-state index contributed by atoms with van der Waals surface area (Å²) < 4.78 is 0. The number of pyridine rings is 1. The highest BCUT2D eigenvalue weighted by molar-refractivity contribution is 5.62. The van der Waals surface area contributed by atoms with Crippen LogP contribution in [0.5, 0.6) is 0 Å². The molecule has 2 aliphatic rings. The fourth-order valence-corrected chi connectivity index (χ4v) is 3.60. The number of hydrogen-bond donors (Lipinski definition) is 0. The second kappa shape index (κ2) is 4.93. The largest absolute Gasteiger partial charge is 0.306 e. The highest BCUT2D eigenvalue weighted by Crippen LogP contribution is 2.35. The summed E-state index contributed by atoms with van der Waals surface area (Å²) in [5.41, 5.74) is 4.83. The molecule has 2 heterocycles. The monoisotopic (exact) mass is 254 g/mol. The van der Waals surface area contributed by atoms with Crippen molar-refractivity contribution >= 4 is 12.2 Å². The van der Waals surface area contributed by atoms with Gasteiger partial charge in [-0.1, -0.05) is 19.2 Å². The van der Waals surface area contributed by atoms with Crippen molar-refractivity contribution in [3.8, 4) is 0 Å². The van der Waals surface area contributed by atoms with Crippen molar-refractivity contribution < 1.29 is 0 Å². The normalized spacial score (nSPS) is 26.4. The van der Waals surface area contributed by atoms with E-state index in [4.69, 9.17) is 4.98 Å². The van der Waals surface area contributed by atoms with Crippen molar-refractivity contribution in [3.63, 3.8) is 0 Å². The average molecular weight is 254 g/mol. The van der Waals surface area contributed by atoms with E-state index in [0.717, 1.165) is 29.5 Å². The van der Waals surface area contributed by atoms with Crippen LogP contribution in [0.25, 0.3) is 12.2 Å². The fourth-order valence-electron chi connectivity index (χ4n) is 3.60. The Morgan fingerprint density at radius 3 is 2.84 bits per heavy atom. The molecule has 0 spiro atoms. The third kappa shape index (κ3) is 2.25. The molecule has 3 rings (SSSR count). The van der Waals surface area contributed by atoms with E-state index in [1.54, 1.807) is 0 Å². The predicted molar refractivity (Wildman–Crippen MR) is 80.9 cm³/mol. The zero-order chi connectivity index (χ0) is 13.4. The van der Waals surface area contributed by atoms with Gasteiger partial charge in [0.05, 0.1) is 5.69 Å². The molecule has 1 aliphatic carbocycles. The Morgan fingerprint density at radius 2 is 2.11 bits per heavy atom. The first-order chi connectivity index (χ1) is 9.21. The van der Waals surface area contributed by atoms with Crippen LogP contribution < -0.4 is 0 Å². The second-order valence-corrected chi connectivity index (χ2v) is 5.96. The van der Waals surface area contributed by atoms with Gasteiger partial charge in [0.2, 0.25) is 0 Å². The van der Waals surface area contributed by atoms with Gasteiger partial charge in [-0.05, 0) is 68.0 Å². The fraction of sp³-hybridized carbons (Fsp3) is 0.471. The molecule has 0 aromatic carbocycles. The molecule has 1 saturated heterocycles. The van der Waals surface area contributed by atoms with E-state index in [0.29, 0.717) is 0 Å². The van der Waals surface area contributed by atoms with Gasteiger partial charge in [-0.3, -0.25) is 4.98 Å². The smallest absolute Gasteiger partial charge is 0.0699 e. The molecule has 0 bridgehead atoms. The maximum atomic E-state index is 4.81. The number of aromatic nitrogens is 1. The minimum atomic E-state index is 0.806. The standard InChI is InChI=1S/C17H22N2/c1-4-12-8-14-9-15-11-19(3)7-6-13(15)10-17(14)18-16(12)5-2/h4-5,8,13,15H,1-2,6-7,9-11H2,3H3/t13?,15-/m0/s1. The summed E-state index contributed by atoms with van der Waals surface area (Å²) in [5.74, 6) is 1.63. The summed E-state index contributed by atoms with van der Waals surface area (Å²) in [4.78, 5) is 7.27. The molecule has 1 aliphatic heterocycles. The Kier molecular flexibility index (Phi) is 3.28. The number of rotatable bonds is 2. The molecule has 0 saturated carbocycles. The molecular weight excluding hydrogens is 232 g/mol. The first-order valence-corrected chi connectivity index (χ1v) is 7.17. The lowest BCUT2D eigenvalue weighted by Crippen LogP contribution is -2.42. The van der Waals surface area contributed by atoms with E-state index in [1.165, 1.54) is 37.2 Å². The average Bonchev–Trinajstić information content (AvgIpc) is 2.43. The number of fused-ring (bicyclic) bond motifs is 2. The maximum absolute atomic E-state index is 4.81. The van der Waals surface area contributed by atoms with Crippen molar-refractivity contribution in [2.45, 2.75) is 19.3 Å². The molecule has 1 aromatic rings. The molecule has 2 heteroatoms. The minimum absolute atomic E-state index is 0.806. The molecule has 2 nitrogen and oxygen atoms in total. The van der Waals surface area contributed by atoms with Gasteiger partial charge >= 0.3 is 0 Å². The van der Waals surface area contributed by atoms with Gasteiger partial charge in [0.1, 0.15) is 0 Å². The minimum Gasteiger partial charge on any atom is -0.306 e. The van der Waals surface area contributed by atoms with Crippen LogP contribution in [0.2, 0.25) is 0 Å². The summed E-state index contributed by atoms with van der Waals surface area (Å²) in [6, 6.07) is 2.27. The highest BCUT2D eigenvalue weighted by Gasteiger charge is 2.33. The predicted octanol–water partition coefficient (Wildman–Crippen LogP) is 3.03. The number of likely N-dealkylation sites (tertiary alicyclic amines) is 1. The van der Waals surface area contributed by atoms with Crippen LogP contribution in [0.4, 0.5) is 0 Å². The lowest BCUT2D eigenvalue weighted by Gasteiger charge is -2.40. The van der Waals surface area contributed by atoms with Crippen LogP contribution in [-0.2, 0) is 12.8 Å². The molecule has 2 atom stereocenters. The van der Waals surface area contributed by atoms with Gasteiger partial charge < -0.3 is 4.90 Å². The third-order valence-corrected chi connectivity index (χ3v) is 4.70. The molecule has 19 heavy (non-hydrogen) atoms. The van der Waals surface area contributed by atoms with Gasteiger partial charge in [0, 0.05) is 12.2 Å². The third-order valence-electron chi connectivity index (χ3n) is 4.70. The summed E-state index contributed by atoms with van der Waals surface area (Å²) >= 11 is 0. The van der Waals surface area contributed by atoms with E-state index >= 15 is 0 Å². The van der Waals surface area contributed by atoms with Crippen molar-refractivity contribution in [1.82, 2.24) is 9.88 Å². The van der Waals surface area contributed by atoms with Crippen molar-refractivity contribution in [1.29, 1.82) is 0 Å². The summed E-state index contributed by atoms with van der Waals surface area (Å²) in [6.07, 6.45) is 7.37. The summed E-state index contributed by atoms with van der Waals surface area (Å²) in [6.45, 7) is 10.2. The van der Waals surface area contributed by atoms with Crippen molar-refractivity contribution in [2.24, 2.45) is 11.8 Å². The molecule has 1 unspecified atom stereocenters. The molecule has 0 amide bonds. The Bertz CT molecular complexity index is 518. The molecule has 1 aromatic heterocycles. The van der Waals surface area contributed by atoms with E-state index in [2.05, 4.69) is 31.2 Å². The van der Waals surface area contributed by atoms with Crippen LogP contribution in [0.1, 0.15) is 28.9 Å². The lowest BCUT2D eigenvalue weighted by molar-refractivity contribution is 0.133. The van der Waals surface area contributed by atoms with Gasteiger partial charge in [-0.25, -0.2) is 0 Å². The van der Waals surface area contributed by atoms with Gasteiger partial charge in [-0.2, -0.15) is 0 Å². The Labute approximate surface area is 115 Å². The zero-order valence-corrected chi connectivity index (χ0v) is 11.7. The number of hydrogen-bond acceptors (Lipinski definition) is 2. The zero-order valence-electron chi connectivity index (χ0n) is 11.7. The van der Waals surface area contributed by atoms with Crippen LogP contribution >= 0.6 is 0 Å². The first kappa shape index (κ1) is 12.6. The number of nitrogens with zero attached hydrogens (tertiary/aromatic N) is 2. The van der Waals surface area contributed by atoms with E-state index in [9.17, 15) is 0 Å². The molecule has 0 N–H and O–H groups in total. The van der Waals surface area contributed by atoms with Crippen LogP contribution in [-0.4, -0.2) is 30.0 Å². The van der Waals surface area contributed by atoms with Crippen LogP contribution in [0.3, 0.4) is 0 Å². The Balaban J connectivity index is 1.96. The van der Waals surface area contributed by atoms with E-state index in [1.807, 2.05) is 12.2 Å². The van der Waals surface area contributed by atoms with E-state index in [-0.39, 0.29) is 0 Å². The van der Waals surface area contributed by atoms with Crippen LogP contribution in [0.15, 0.2) is 19.2 Å². The molecule has 100 valence electrons. The quantitative estimate of drug-likeness (QED) is 0.806. The first-order valence-electron chi connectivity index (χ1n) is 7.17. The summed E-state index contributed by atoms with van der Waals surface area (Å²) in [7, 11) is 2.24.